The van der Waals surface area contributed by atoms with Crippen LogP contribution in [-0.4, -0.2) is 42.0 Å². The van der Waals surface area contributed by atoms with Crippen molar-refractivity contribution >= 4 is 12.1 Å². The number of rotatable bonds is 2. The summed E-state index contributed by atoms with van der Waals surface area (Å²) < 4.78 is 10.8. The number of carboxylic acid groups (broad SMARTS) is 1. The zero-order valence-electron chi connectivity index (χ0n) is 12.2. The molecule has 0 aromatic carbocycles. The SMILES string of the molecule is CC(C)(C)OC(=O)NC1C2COCC1CC(C(=O)O)C2. The third-order valence-electron chi connectivity index (χ3n) is 3.89. The minimum absolute atomic E-state index is 0.0470. The van der Waals surface area contributed by atoms with Crippen LogP contribution in [0.4, 0.5) is 4.79 Å². The number of ether oxygens (including phenoxy) is 2. The average molecular weight is 285 g/mol. The monoisotopic (exact) mass is 285 g/mol. The normalized spacial score (nSPS) is 33.4. The van der Waals surface area contributed by atoms with Crippen LogP contribution >= 0.6 is 0 Å². The molecule has 2 aliphatic rings. The lowest BCUT2D eigenvalue weighted by Gasteiger charge is -2.44. The Morgan fingerprint density at radius 1 is 1.20 bits per heavy atom. The summed E-state index contributed by atoms with van der Waals surface area (Å²) >= 11 is 0. The number of carbonyl (C=O) groups excluding carboxylic acids is 1. The Balaban J connectivity index is 1.98. The molecule has 2 rings (SSSR count). The van der Waals surface area contributed by atoms with Crippen LogP contribution in [0.25, 0.3) is 0 Å². The minimum Gasteiger partial charge on any atom is -0.481 e. The predicted octanol–water partition coefficient (Wildman–Crippen LogP) is 1.64. The largest absolute Gasteiger partial charge is 0.481 e. The summed E-state index contributed by atoms with van der Waals surface area (Å²) in [6.45, 7) is 6.45. The van der Waals surface area contributed by atoms with Gasteiger partial charge in [0, 0.05) is 17.9 Å². The average Bonchev–Trinajstić information content (AvgIpc) is 2.24. The van der Waals surface area contributed by atoms with Crippen molar-refractivity contribution < 1.29 is 24.2 Å². The van der Waals surface area contributed by atoms with Gasteiger partial charge < -0.3 is 19.9 Å². The highest BCUT2D eigenvalue weighted by Gasteiger charge is 2.44. The third-order valence-corrected chi connectivity index (χ3v) is 3.89. The second-order valence-electron chi connectivity index (χ2n) is 6.74. The van der Waals surface area contributed by atoms with E-state index in [1.807, 2.05) is 20.8 Å². The first kappa shape index (κ1) is 15.1. The van der Waals surface area contributed by atoms with Crippen molar-refractivity contribution in [3.63, 3.8) is 0 Å². The van der Waals surface area contributed by atoms with Gasteiger partial charge in [0.15, 0.2) is 0 Å². The number of carbonyl (C=O) groups is 2. The summed E-state index contributed by atoms with van der Waals surface area (Å²) in [5.74, 6) is -0.976. The van der Waals surface area contributed by atoms with Crippen molar-refractivity contribution in [3.05, 3.63) is 0 Å². The first-order valence-corrected chi connectivity index (χ1v) is 7.06. The van der Waals surface area contributed by atoms with Crippen molar-refractivity contribution in [3.8, 4) is 0 Å². The van der Waals surface area contributed by atoms with Gasteiger partial charge in [-0.25, -0.2) is 4.79 Å². The van der Waals surface area contributed by atoms with E-state index in [1.165, 1.54) is 0 Å². The van der Waals surface area contributed by atoms with Crippen LogP contribution in [0.3, 0.4) is 0 Å². The van der Waals surface area contributed by atoms with E-state index in [9.17, 15) is 9.59 Å². The first-order chi connectivity index (χ1) is 9.26. The summed E-state index contributed by atoms with van der Waals surface area (Å²) in [5.41, 5.74) is -0.534. The van der Waals surface area contributed by atoms with Gasteiger partial charge in [-0.1, -0.05) is 0 Å². The van der Waals surface area contributed by atoms with Crippen molar-refractivity contribution in [2.45, 2.75) is 45.3 Å². The number of hydrogen-bond acceptors (Lipinski definition) is 4. The van der Waals surface area contributed by atoms with Crippen LogP contribution in [0, 0.1) is 17.8 Å². The lowest BCUT2D eigenvalue weighted by Crippen LogP contribution is -2.56. The van der Waals surface area contributed by atoms with Gasteiger partial charge >= 0.3 is 12.1 Å². The minimum atomic E-state index is -0.752. The molecule has 1 heterocycles. The Bertz CT molecular complexity index is 376. The number of amides is 1. The molecule has 1 saturated heterocycles. The molecule has 1 aliphatic carbocycles. The molecule has 6 nitrogen and oxygen atoms in total. The van der Waals surface area contributed by atoms with E-state index in [2.05, 4.69) is 5.32 Å². The molecule has 1 saturated carbocycles. The zero-order chi connectivity index (χ0) is 14.9. The molecule has 20 heavy (non-hydrogen) atoms. The maximum Gasteiger partial charge on any atom is 0.407 e. The van der Waals surface area contributed by atoms with E-state index in [0.29, 0.717) is 26.1 Å². The topological polar surface area (TPSA) is 84.9 Å². The van der Waals surface area contributed by atoms with Crippen LogP contribution in [0.5, 0.6) is 0 Å². The van der Waals surface area contributed by atoms with Crippen molar-refractivity contribution in [1.29, 1.82) is 0 Å². The van der Waals surface area contributed by atoms with Gasteiger partial charge in [-0.2, -0.15) is 0 Å². The molecule has 1 aliphatic heterocycles. The Morgan fingerprint density at radius 2 is 1.75 bits per heavy atom. The highest BCUT2D eigenvalue weighted by molar-refractivity contribution is 5.71. The molecule has 1 amide bonds. The fourth-order valence-electron chi connectivity index (χ4n) is 3.10. The summed E-state index contributed by atoms with van der Waals surface area (Å²) in [6.07, 6.45) is 0.659. The van der Waals surface area contributed by atoms with Crippen LogP contribution in [0.2, 0.25) is 0 Å². The van der Waals surface area contributed by atoms with Crippen LogP contribution in [0.15, 0.2) is 0 Å². The smallest absolute Gasteiger partial charge is 0.407 e. The van der Waals surface area contributed by atoms with Gasteiger partial charge in [0.25, 0.3) is 0 Å². The van der Waals surface area contributed by atoms with E-state index in [0.717, 1.165) is 0 Å². The van der Waals surface area contributed by atoms with Crippen molar-refractivity contribution in [2.75, 3.05) is 13.2 Å². The maximum atomic E-state index is 11.9. The van der Waals surface area contributed by atoms with Crippen LogP contribution in [0.1, 0.15) is 33.6 Å². The number of carboxylic acids is 1. The van der Waals surface area contributed by atoms with Gasteiger partial charge in [-0.15, -0.1) is 0 Å². The molecule has 0 radical (unpaired) electrons. The van der Waals surface area contributed by atoms with Crippen LogP contribution in [-0.2, 0) is 14.3 Å². The number of aliphatic carboxylic acids is 1. The summed E-state index contributed by atoms with van der Waals surface area (Å²) in [7, 11) is 0. The predicted molar refractivity (Wildman–Crippen MR) is 71.3 cm³/mol. The molecule has 114 valence electrons. The van der Waals surface area contributed by atoms with Crippen molar-refractivity contribution in [2.24, 2.45) is 17.8 Å². The summed E-state index contributed by atoms with van der Waals surface area (Å²) in [4.78, 5) is 23.0. The summed E-state index contributed by atoms with van der Waals surface area (Å²) in [5, 5.41) is 12.1. The lowest BCUT2D eigenvalue weighted by atomic mass is 9.71. The molecular formula is C14H23NO5. The number of fused-ring (bicyclic) bond motifs is 2. The van der Waals surface area contributed by atoms with Crippen molar-refractivity contribution in [1.82, 2.24) is 5.32 Å². The highest BCUT2D eigenvalue weighted by atomic mass is 16.6. The standard InChI is InChI=1S/C14H23NO5/c1-14(2,3)20-13(18)15-11-9-4-8(12(16)17)5-10(11)7-19-6-9/h8-11H,4-7H2,1-3H3,(H,15,18)(H,16,17). The molecule has 2 fully saturated rings. The van der Waals surface area contributed by atoms with E-state index in [1.54, 1.807) is 0 Å². The number of nitrogens with one attached hydrogen (secondary N) is 1. The molecule has 2 atom stereocenters. The second-order valence-corrected chi connectivity index (χ2v) is 6.74. The quantitative estimate of drug-likeness (QED) is 0.805. The first-order valence-electron chi connectivity index (χ1n) is 7.06. The lowest BCUT2D eigenvalue weighted by molar-refractivity contribution is -0.147. The second kappa shape index (κ2) is 5.60. The fourth-order valence-corrected chi connectivity index (χ4v) is 3.10. The highest BCUT2D eigenvalue weighted by Crippen LogP contribution is 2.37. The van der Waals surface area contributed by atoms with Gasteiger partial charge in [-0.3, -0.25) is 4.79 Å². The number of alkyl carbamates (subject to hydrolysis) is 1. The Kier molecular flexibility index (Phi) is 4.22. The van der Waals surface area contributed by atoms with Gasteiger partial charge in [0.1, 0.15) is 5.60 Å². The third kappa shape index (κ3) is 3.62. The fraction of sp³-hybridized carbons (Fsp3) is 0.857. The van der Waals surface area contributed by atoms with Gasteiger partial charge in [-0.05, 0) is 33.6 Å². The molecule has 2 bridgehead atoms. The molecule has 2 unspecified atom stereocenters. The van der Waals surface area contributed by atoms with E-state index in [4.69, 9.17) is 14.6 Å². The molecular weight excluding hydrogens is 262 g/mol. The maximum absolute atomic E-state index is 11.9. The zero-order valence-corrected chi connectivity index (χ0v) is 12.2. The Morgan fingerprint density at radius 3 is 2.20 bits per heavy atom. The Labute approximate surface area is 118 Å². The summed E-state index contributed by atoms with van der Waals surface area (Å²) in [6, 6.07) is -0.0470. The number of hydrogen-bond donors (Lipinski definition) is 2. The van der Waals surface area contributed by atoms with E-state index >= 15 is 0 Å². The molecule has 0 spiro atoms. The van der Waals surface area contributed by atoms with E-state index in [-0.39, 0.29) is 23.8 Å². The van der Waals surface area contributed by atoms with Crippen LogP contribution < -0.4 is 5.32 Å². The molecule has 2 N–H and O–H groups in total. The molecule has 0 aromatic heterocycles. The van der Waals surface area contributed by atoms with Gasteiger partial charge in [0.05, 0.1) is 19.1 Å². The van der Waals surface area contributed by atoms with Gasteiger partial charge in [0.2, 0.25) is 0 Å². The molecule has 6 heteroatoms. The Hall–Kier alpha value is -1.30. The molecule has 0 aromatic rings. The van der Waals surface area contributed by atoms with E-state index < -0.39 is 17.7 Å².